The van der Waals surface area contributed by atoms with Crippen molar-refractivity contribution in [1.29, 1.82) is 0 Å². The van der Waals surface area contributed by atoms with Gasteiger partial charge in [-0.2, -0.15) is 0 Å². The third-order valence-electron chi connectivity index (χ3n) is 3.00. The molecule has 72 valence electrons. The predicted octanol–water partition coefficient (Wildman–Crippen LogP) is 1.63. The molecule has 1 fully saturated rings. The van der Waals surface area contributed by atoms with Crippen molar-refractivity contribution >= 4 is 0 Å². The van der Waals surface area contributed by atoms with Gasteiger partial charge in [0.25, 0.3) is 0 Å². The average Bonchev–Trinajstić information content (AvgIpc) is 2.52. The van der Waals surface area contributed by atoms with Crippen LogP contribution in [0.4, 0.5) is 0 Å². The Morgan fingerprint density at radius 3 is 2.85 bits per heavy atom. The zero-order valence-corrected chi connectivity index (χ0v) is 8.11. The second-order valence-electron chi connectivity index (χ2n) is 3.96. The molecule has 0 radical (unpaired) electrons. The van der Waals surface area contributed by atoms with Gasteiger partial charge in [-0.1, -0.05) is 12.8 Å². The number of hydrogen-bond donors (Lipinski definition) is 1. The number of imidazole rings is 1. The van der Waals surface area contributed by atoms with Crippen LogP contribution in [0.2, 0.25) is 0 Å². The molecule has 0 unspecified atom stereocenters. The van der Waals surface area contributed by atoms with Crippen LogP contribution >= 0.6 is 0 Å². The molecule has 0 aliphatic heterocycles. The Bertz CT molecular complexity index is 279. The Morgan fingerprint density at radius 2 is 2.23 bits per heavy atom. The van der Waals surface area contributed by atoms with E-state index in [1.165, 1.54) is 25.0 Å². The van der Waals surface area contributed by atoms with Crippen LogP contribution in [0.25, 0.3) is 0 Å². The third-order valence-corrected chi connectivity index (χ3v) is 3.00. The van der Waals surface area contributed by atoms with E-state index in [0.717, 1.165) is 6.42 Å². The van der Waals surface area contributed by atoms with Gasteiger partial charge in [-0.05, 0) is 19.8 Å². The highest BCUT2D eigenvalue weighted by atomic mass is 15.1. The van der Waals surface area contributed by atoms with Crippen LogP contribution in [-0.4, -0.2) is 15.6 Å². The van der Waals surface area contributed by atoms with E-state index in [4.69, 9.17) is 5.73 Å². The fraction of sp³-hybridized carbons (Fsp3) is 0.700. The van der Waals surface area contributed by atoms with Gasteiger partial charge in [0.2, 0.25) is 0 Å². The molecule has 1 saturated carbocycles. The maximum absolute atomic E-state index is 6.09. The number of aryl methyl sites for hydroxylation is 1. The van der Waals surface area contributed by atoms with E-state index in [2.05, 4.69) is 16.5 Å². The maximum atomic E-state index is 6.09. The van der Waals surface area contributed by atoms with Crippen LogP contribution in [0.5, 0.6) is 0 Å². The summed E-state index contributed by atoms with van der Waals surface area (Å²) in [4.78, 5) is 4.14. The minimum atomic E-state index is 0.321. The Morgan fingerprint density at radius 1 is 1.46 bits per heavy atom. The Hall–Kier alpha value is -0.830. The van der Waals surface area contributed by atoms with Crippen molar-refractivity contribution in [3.05, 3.63) is 18.2 Å². The maximum Gasteiger partial charge on any atom is 0.0951 e. The summed E-state index contributed by atoms with van der Waals surface area (Å²) in [5.41, 5.74) is 7.31. The normalized spacial score (nSPS) is 29.1. The number of rotatable bonds is 1. The molecule has 0 aromatic carbocycles. The van der Waals surface area contributed by atoms with Crippen molar-refractivity contribution < 1.29 is 0 Å². The van der Waals surface area contributed by atoms with Gasteiger partial charge in [-0.15, -0.1) is 0 Å². The molecule has 2 rings (SSSR count). The summed E-state index contributed by atoms with van der Waals surface area (Å²) in [5.74, 6) is 0. The SMILES string of the molecule is Cc1cncn1[C@@H]1CCCC[C@H]1N. The van der Waals surface area contributed by atoms with Gasteiger partial charge in [-0.25, -0.2) is 4.98 Å². The standard InChI is InChI=1S/C10H17N3/c1-8-6-12-7-13(8)10-5-3-2-4-9(10)11/h6-7,9-10H,2-5,11H2,1H3/t9-,10-/m1/s1. The summed E-state index contributed by atoms with van der Waals surface area (Å²) in [6.07, 6.45) is 8.76. The average molecular weight is 179 g/mol. The molecule has 13 heavy (non-hydrogen) atoms. The van der Waals surface area contributed by atoms with E-state index in [9.17, 15) is 0 Å². The Balaban J connectivity index is 2.19. The highest BCUT2D eigenvalue weighted by Gasteiger charge is 2.23. The number of nitrogens with two attached hydrogens (primary N) is 1. The summed E-state index contributed by atoms with van der Waals surface area (Å²) in [5, 5.41) is 0. The fourth-order valence-electron chi connectivity index (χ4n) is 2.20. The summed E-state index contributed by atoms with van der Waals surface area (Å²) in [7, 11) is 0. The lowest BCUT2D eigenvalue weighted by Gasteiger charge is -2.30. The fourth-order valence-corrected chi connectivity index (χ4v) is 2.20. The Labute approximate surface area is 79.0 Å². The first-order valence-electron chi connectivity index (χ1n) is 5.03. The summed E-state index contributed by atoms with van der Waals surface area (Å²) in [6.45, 7) is 2.09. The van der Waals surface area contributed by atoms with Crippen molar-refractivity contribution in [1.82, 2.24) is 9.55 Å². The second-order valence-corrected chi connectivity index (χ2v) is 3.96. The predicted molar refractivity (Wildman–Crippen MR) is 52.4 cm³/mol. The van der Waals surface area contributed by atoms with E-state index in [0.29, 0.717) is 12.1 Å². The summed E-state index contributed by atoms with van der Waals surface area (Å²) >= 11 is 0. The molecule has 0 bridgehead atoms. The molecule has 1 heterocycles. The monoisotopic (exact) mass is 179 g/mol. The molecule has 1 aromatic rings. The third kappa shape index (κ3) is 1.61. The molecule has 1 aliphatic carbocycles. The number of nitrogens with zero attached hydrogens (tertiary/aromatic N) is 2. The van der Waals surface area contributed by atoms with Crippen LogP contribution in [0.3, 0.4) is 0 Å². The van der Waals surface area contributed by atoms with Gasteiger partial charge in [-0.3, -0.25) is 0 Å². The largest absolute Gasteiger partial charge is 0.330 e. The molecule has 1 aliphatic rings. The van der Waals surface area contributed by atoms with E-state index >= 15 is 0 Å². The van der Waals surface area contributed by atoms with Crippen LogP contribution in [-0.2, 0) is 0 Å². The van der Waals surface area contributed by atoms with Gasteiger partial charge in [0.15, 0.2) is 0 Å². The molecular weight excluding hydrogens is 162 g/mol. The van der Waals surface area contributed by atoms with Crippen LogP contribution < -0.4 is 5.73 Å². The van der Waals surface area contributed by atoms with E-state index in [-0.39, 0.29) is 0 Å². The highest BCUT2D eigenvalue weighted by molar-refractivity contribution is 4.99. The van der Waals surface area contributed by atoms with Crippen molar-refractivity contribution in [3.63, 3.8) is 0 Å². The molecule has 2 N–H and O–H groups in total. The molecular formula is C10H17N3. The van der Waals surface area contributed by atoms with Gasteiger partial charge >= 0.3 is 0 Å². The summed E-state index contributed by atoms with van der Waals surface area (Å²) in [6, 6.07) is 0.804. The lowest BCUT2D eigenvalue weighted by Crippen LogP contribution is -2.35. The van der Waals surface area contributed by atoms with Gasteiger partial charge in [0, 0.05) is 24.0 Å². The van der Waals surface area contributed by atoms with Crippen molar-refractivity contribution in [2.75, 3.05) is 0 Å². The quantitative estimate of drug-likeness (QED) is 0.712. The minimum absolute atomic E-state index is 0.321. The van der Waals surface area contributed by atoms with E-state index in [1.54, 1.807) is 0 Å². The number of aromatic nitrogens is 2. The minimum Gasteiger partial charge on any atom is -0.330 e. The molecule has 2 atom stereocenters. The van der Waals surface area contributed by atoms with Gasteiger partial charge in [0.05, 0.1) is 6.33 Å². The molecule has 3 heteroatoms. The molecule has 3 nitrogen and oxygen atoms in total. The highest BCUT2D eigenvalue weighted by Crippen LogP contribution is 2.27. The van der Waals surface area contributed by atoms with E-state index in [1.807, 2.05) is 12.5 Å². The van der Waals surface area contributed by atoms with Crippen molar-refractivity contribution in [2.24, 2.45) is 5.73 Å². The lowest BCUT2D eigenvalue weighted by atomic mass is 9.91. The van der Waals surface area contributed by atoms with Crippen LogP contribution in [0.1, 0.15) is 37.4 Å². The molecule has 1 aromatic heterocycles. The zero-order chi connectivity index (χ0) is 9.26. The first-order valence-corrected chi connectivity index (χ1v) is 5.03. The lowest BCUT2D eigenvalue weighted by molar-refractivity contribution is 0.302. The van der Waals surface area contributed by atoms with Crippen molar-refractivity contribution in [3.8, 4) is 0 Å². The molecule has 0 saturated heterocycles. The zero-order valence-electron chi connectivity index (χ0n) is 8.11. The topological polar surface area (TPSA) is 43.8 Å². The second kappa shape index (κ2) is 3.50. The van der Waals surface area contributed by atoms with Crippen LogP contribution in [0, 0.1) is 6.92 Å². The van der Waals surface area contributed by atoms with Gasteiger partial charge < -0.3 is 10.3 Å². The van der Waals surface area contributed by atoms with E-state index < -0.39 is 0 Å². The van der Waals surface area contributed by atoms with Crippen molar-refractivity contribution in [2.45, 2.75) is 44.7 Å². The van der Waals surface area contributed by atoms with Crippen LogP contribution in [0.15, 0.2) is 12.5 Å². The number of hydrogen-bond acceptors (Lipinski definition) is 2. The first-order chi connectivity index (χ1) is 6.29. The Kier molecular flexibility index (Phi) is 2.36. The molecule has 0 spiro atoms. The first kappa shape index (κ1) is 8.75. The smallest absolute Gasteiger partial charge is 0.0951 e. The molecule has 0 amide bonds. The summed E-state index contributed by atoms with van der Waals surface area (Å²) < 4.78 is 2.23. The van der Waals surface area contributed by atoms with Gasteiger partial charge in [0.1, 0.15) is 0 Å².